The van der Waals surface area contributed by atoms with E-state index in [1.165, 1.54) is 19.3 Å². The maximum absolute atomic E-state index is 12.2. The largest absolute Gasteiger partial charge is 0.343 e. The lowest BCUT2D eigenvalue weighted by Gasteiger charge is -2.32. The molecule has 1 aliphatic heterocycles. The summed E-state index contributed by atoms with van der Waals surface area (Å²) in [5.41, 5.74) is 0. The molecule has 0 aromatic heterocycles. The minimum atomic E-state index is -2.82. The zero-order chi connectivity index (χ0) is 13.9. The van der Waals surface area contributed by atoms with E-state index in [9.17, 15) is 13.2 Å². The van der Waals surface area contributed by atoms with Crippen molar-refractivity contribution in [2.45, 2.75) is 57.4 Å². The Bertz CT molecular complexity index is 398. The molecule has 0 aromatic carbocycles. The van der Waals surface area contributed by atoms with E-state index in [2.05, 4.69) is 0 Å². The summed E-state index contributed by atoms with van der Waals surface area (Å²) in [5.74, 6) is 0.995. The lowest BCUT2D eigenvalue weighted by molar-refractivity contribution is -0.133. The quantitative estimate of drug-likeness (QED) is 0.797. The van der Waals surface area contributed by atoms with Crippen LogP contribution in [0.1, 0.15) is 51.4 Å². The summed E-state index contributed by atoms with van der Waals surface area (Å²) in [5, 5.41) is 0. The van der Waals surface area contributed by atoms with Crippen LogP contribution in [0.3, 0.4) is 0 Å². The van der Waals surface area contributed by atoms with Gasteiger partial charge in [-0.3, -0.25) is 4.79 Å². The van der Waals surface area contributed by atoms with Crippen molar-refractivity contribution in [2.24, 2.45) is 5.92 Å². The Kier molecular flexibility index (Phi) is 4.87. The molecule has 0 bridgehead atoms. The van der Waals surface area contributed by atoms with Gasteiger partial charge in [0.1, 0.15) is 9.84 Å². The van der Waals surface area contributed by atoms with Crippen LogP contribution < -0.4 is 0 Å². The molecule has 1 saturated carbocycles. The van der Waals surface area contributed by atoms with E-state index in [-0.39, 0.29) is 23.3 Å². The first-order valence-corrected chi connectivity index (χ1v) is 9.26. The summed E-state index contributed by atoms with van der Waals surface area (Å²) in [6, 6.07) is 0.411. The summed E-state index contributed by atoms with van der Waals surface area (Å²) >= 11 is 0. The van der Waals surface area contributed by atoms with Crippen LogP contribution in [0.25, 0.3) is 0 Å². The number of hydrogen-bond donors (Lipinski definition) is 0. The number of sulfone groups is 1. The maximum atomic E-state index is 12.2. The van der Waals surface area contributed by atoms with Crippen LogP contribution in [0.5, 0.6) is 0 Å². The molecule has 1 amide bonds. The average molecular weight is 287 g/mol. The smallest absolute Gasteiger partial charge is 0.222 e. The zero-order valence-electron chi connectivity index (χ0n) is 11.8. The number of hydrogen-bond acceptors (Lipinski definition) is 3. The minimum absolute atomic E-state index is 0.205. The molecule has 2 fully saturated rings. The molecule has 2 rings (SSSR count). The van der Waals surface area contributed by atoms with Crippen molar-refractivity contribution < 1.29 is 13.2 Å². The van der Waals surface area contributed by atoms with Gasteiger partial charge in [-0.05, 0) is 31.6 Å². The van der Waals surface area contributed by atoms with Gasteiger partial charge in [0.05, 0.1) is 11.5 Å². The third kappa shape index (κ3) is 4.20. The van der Waals surface area contributed by atoms with Crippen molar-refractivity contribution in [1.29, 1.82) is 0 Å². The highest BCUT2D eigenvalue weighted by molar-refractivity contribution is 7.91. The van der Waals surface area contributed by atoms with Gasteiger partial charge in [-0.2, -0.15) is 0 Å². The van der Waals surface area contributed by atoms with E-state index in [0.717, 1.165) is 12.8 Å². The summed E-state index contributed by atoms with van der Waals surface area (Å²) in [4.78, 5) is 14.2. The molecule has 110 valence electrons. The van der Waals surface area contributed by atoms with Gasteiger partial charge < -0.3 is 4.90 Å². The van der Waals surface area contributed by atoms with E-state index in [0.29, 0.717) is 25.3 Å². The Morgan fingerprint density at radius 3 is 2.21 bits per heavy atom. The molecule has 0 radical (unpaired) electrons. The van der Waals surface area contributed by atoms with Gasteiger partial charge in [-0.1, -0.05) is 19.3 Å². The van der Waals surface area contributed by atoms with Gasteiger partial charge in [-0.25, -0.2) is 8.42 Å². The van der Waals surface area contributed by atoms with Gasteiger partial charge in [0.15, 0.2) is 0 Å². The molecule has 1 heterocycles. The van der Waals surface area contributed by atoms with Crippen molar-refractivity contribution in [2.75, 3.05) is 18.6 Å². The van der Waals surface area contributed by atoms with E-state index in [1.54, 1.807) is 0 Å². The molecule has 0 spiro atoms. The SMILES string of the molecule is CN(C(=O)CC1CCS(=O)(=O)CC1)C1CCCCC1. The predicted octanol–water partition coefficient (Wildman–Crippen LogP) is 1.99. The van der Waals surface area contributed by atoms with Gasteiger partial charge in [0.25, 0.3) is 0 Å². The fourth-order valence-electron chi connectivity index (χ4n) is 3.21. The highest BCUT2D eigenvalue weighted by Crippen LogP contribution is 2.26. The number of carbonyl (C=O) groups is 1. The molecule has 19 heavy (non-hydrogen) atoms. The lowest BCUT2D eigenvalue weighted by Crippen LogP contribution is -2.39. The number of nitrogens with zero attached hydrogens (tertiary/aromatic N) is 1. The van der Waals surface area contributed by atoms with Crippen LogP contribution in [0.4, 0.5) is 0 Å². The van der Waals surface area contributed by atoms with E-state index >= 15 is 0 Å². The van der Waals surface area contributed by atoms with Crippen molar-refractivity contribution in [3.63, 3.8) is 0 Å². The molecule has 2 aliphatic rings. The van der Waals surface area contributed by atoms with Crippen molar-refractivity contribution in [3.8, 4) is 0 Å². The Morgan fingerprint density at radius 2 is 1.63 bits per heavy atom. The summed E-state index contributed by atoms with van der Waals surface area (Å²) < 4.78 is 22.7. The Morgan fingerprint density at radius 1 is 1.05 bits per heavy atom. The van der Waals surface area contributed by atoms with Crippen molar-refractivity contribution in [3.05, 3.63) is 0 Å². The highest BCUT2D eigenvalue weighted by Gasteiger charge is 2.28. The van der Waals surface area contributed by atoms with Gasteiger partial charge in [0.2, 0.25) is 5.91 Å². The summed E-state index contributed by atoms with van der Waals surface area (Å²) in [6.07, 6.45) is 7.84. The second-order valence-corrected chi connectivity index (χ2v) is 8.40. The van der Waals surface area contributed by atoms with Crippen LogP contribution in [0.15, 0.2) is 0 Å². The average Bonchev–Trinajstić information content (AvgIpc) is 2.41. The second-order valence-electron chi connectivity index (χ2n) is 6.10. The van der Waals surface area contributed by atoms with Gasteiger partial charge in [-0.15, -0.1) is 0 Å². The fourth-order valence-corrected chi connectivity index (χ4v) is 4.79. The summed E-state index contributed by atoms with van der Waals surface area (Å²) in [7, 11) is -0.903. The van der Waals surface area contributed by atoms with Crippen molar-refractivity contribution in [1.82, 2.24) is 4.90 Å². The molecule has 5 heteroatoms. The normalized spacial score (nSPS) is 25.1. The predicted molar refractivity (Wildman–Crippen MR) is 75.6 cm³/mol. The molecule has 1 saturated heterocycles. The fraction of sp³-hybridized carbons (Fsp3) is 0.929. The van der Waals surface area contributed by atoms with Crippen LogP contribution >= 0.6 is 0 Å². The molecule has 0 atom stereocenters. The van der Waals surface area contributed by atoms with E-state index in [4.69, 9.17) is 0 Å². The first-order chi connectivity index (χ1) is 8.98. The Labute approximate surface area is 116 Å². The monoisotopic (exact) mass is 287 g/mol. The molecule has 0 aromatic rings. The van der Waals surface area contributed by atoms with Crippen LogP contribution in [0.2, 0.25) is 0 Å². The number of rotatable bonds is 3. The highest BCUT2D eigenvalue weighted by atomic mass is 32.2. The first-order valence-electron chi connectivity index (χ1n) is 7.44. The molecular formula is C14H25NO3S. The molecule has 0 N–H and O–H groups in total. The molecule has 0 unspecified atom stereocenters. The van der Waals surface area contributed by atoms with Crippen LogP contribution in [-0.4, -0.2) is 43.8 Å². The van der Waals surface area contributed by atoms with E-state index in [1.807, 2.05) is 11.9 Å². The van der Waals surface area contributed by atoms with Crippen LogP contribution in [-0.2, 0) is 14.6 Å². The zero-order valence-corrected chi connectivity index (χ0v) is 12.6. The maximum Gasteiger partial charge on any atom is 0.222 e. The van der Waals surface area contributed by atoms with E-state index < -0.39 is 9.84 Å². The van der Waals surface area contributed by atoms with Gasteiger partial charge in [0, 0.05) is 19.5 Å². The number of carbonyl (C=O) groups excluding carboxylic acids is 1. The lowest BCUT2D eigenvalue weighted by atomic mass is 9.93. The molecular weight excluding hydrogens is 262 g/mol. The van der Waals surface area contributed by atoms with Gasteiger partial charge >= 0.3 is 0 Å². The first kappa shape index (κ1) is 14.8. The molecule has 4 nitrogen and oxygen atoms in total. The third-order valence-corrected chi connectivity index (χ3v) is 6.37. The Balaban J connectivity index is 1.80. The Hall–Kier alpha value is -0.580. The number of amides is 1. The van der Waals surface area contributed by atoms with Crippen molar-refractivity contribution >= 4 is 15.7 Å². The minimum Gasteiger partial charge on any atom is -0.343 e. The topological polar surface area (TPSA) is 54.5 Å². The third-order valence-electron chi connectivity index (χ3n) is 4.65. The standard InChI is InChI=1S/C14H25NO3S/c1-15(13-5-3-2-4-6-13)14(16)11-12-7-9-19(17,18)10-8-12/h12-13H,2-11H2,1H3. The second kappa shape index (κ2) is 6.25. The molecule has 1 aliphatic carbocycles. The van der Waals surface area contributed by atoms with Crippen LogP contribution in [0, 0.1) is 5.92 Å². The summed E-state index contributed by atoms with van der Waals surface area (Å²) in [6.45, 7) is 0.